The van der Waals surface area contributed by atoms with Crippen molar-refractivity contribution < 1.29 is 0 Å². The summed E-state index contributed by atoms with van der Waals surface area (Å²) in [6.07, 6.45) is 0. The molecule has 0 aliphatic heterocycles. The first-order valence-electron chi connectivity index (χ1n) is 20.9. The smallest absolute Gasteiger partial charge is 0.0714 e. The summed E-state index contributed by atoms with van der Waals surface area (Å²) >= 11 is 0. The molecule has 0 spiro atoms. The minimum atomic E-state index is -0.505. The van der Waals surface area contributed by atoms with Crippen molar-refractivity contribution in [2.45, 2.75) is 5.41 Å². The van der Waals surface area contributed by atoms with Gasteiger partial charge in [0.05, 0.1) is 11.1 Å². The molecule has 13 rings (SSSR count). The number of fused-ring (bicyclic) bond motifs is 5. The lowest BCUT2D eigenvalue weighted by Gasteiger charge is -2.34. The van der Waals surface area contributed by atoms with Gasteiger partial charge in [-0.15, -0.1) is 0 Å². The molecule has 0 radical (unpaired) electrons. The standard InChI is InChI=1S/C59H37N/c1-4-19-42(20-5-1)59(43-21-6-2-7-22-43)51-29-11-10-25-49(51)58-52(59)30-15-31-53(58)60(44-23-8-3-9-24-44)45-36-41-35-34-40-17-13-27-47-46-26-12-16-38-32-33-39-18-14-28-48(56(39)54(38)46)50(37-45)57(41)55(40)47/h1-37H. The van der Waals surface area contributed by atoms with Gasteiger partial charge in [-0.3, -0.25) is 0 Å². The molecule has 12 aromatic rings. The second-order valence-corrected chi connectivity index (χ2v) is 16.3. The van der Waals surface area contributed by atoms with E-state index in [1.807, 2.05) is 0 Å². The fraction of sp³-hybridized carbons (Fsp3) is 0.0169. The number of hydrogen-bond donors (Lipinski definition) is 0. The molecule has 0 atom stereocenters. The van der Waals surface area contributed by atoms with E-state index in [2.05, 4.69) is 229 Å². The van der Waals surface area contributed by atoms with E-state index in [9.17, 15) is 0 Å². The van der Waals surface area contributed by atoms with Crippen LogP contribution in [0.1, 0.15) is 22.3 Å². The Hall–Kier alpha value is -7.74. The summed E-state index contributed by atoms with van der Waals surface area (Å²) in [4.78, 5) is 2.52. The molecule has 1 aliphatic rings. The van der Waals surface area contributed by atoms with Crippen molar-refractivity contribution in [1.82, 2.24) is 0 Å². The van der Waals surface area contributed by atoms with E-state index in [-0.39, 0.29) is 0 Å². The maximum absolute atomic E-state index is 2.52. The molecule has 0 saturated heterocycles. The Bertz CT molecular complexity index is 3600. The molecule has 1 heteroatoms. The summed E-state index contributed by atoms with van der Waals surface area (Å²) in [5, 5.41) is 15.4. The Kier molecular flexibility index (Phi) is 7.00. The lowest BCUT2D eigenvalue weighted by Crippen LogP contribution is -2.28. The predicted octanol–water partition coefficient (Wildman–Crippen LogP) is 15.9. The SMILES string of the molecule is c1ccc(N(c2cc3ccc4cccc5c6cccc7ccc8cccc(c(c2)c3c45)c8c76)c2cccc3c2-c2ccccc2C3(c2ccccc2)c2ccccc2)cc1. The van der Waals surface area contributed by atoms with E-state index < -0.39 is 5.41 Å². The highest BCUT2D eigenvalue weighted by Gasteiger charge is 2.47. The van der Waals surface area contributed by atoms with Crippen LogP contribution in [0.4, 0.5) is 17.1 Å². The van der Waals surface area contributed by atoms with Crippen LogP contribution in [-0.4, -0.2) is 0 Å². The van der Waals surface area contributed by atoms with E-state index in [0.29, 0.717) is 0 Å². The third-order valence-electron chi connectivity index (χ3n) is 13.4. The van der Waals surface area contributed by atoms with E-state index in [0.717, 1.165) is 17.1 Å². The summed E-state index contributed by atoms with van der Waals surface area (Å²) in [6.45, 7) is 0. The van der Waals surface area contributed by atoms with Gasteiger partial charge in [-0.1, -0.05) is 194 Å². The van der Waals surface area contributed by atoms with Crippen LogP contribution in [-0.2, 0) is 5.41 Å². The van der Waals surface area contributed by atoms with Gasteiger partial charge in [0.2, 0.25) is 0 Å². The van der Waals surface area contributed by atoms with Crippen molar-refractivity contribution in [2.75, 3.05) is 4.90 Å². The highest BCUT2D eigenvalue weighted by Crippen LogP contribution is 2.59. The summed E-state index contributed by atoms with van der Waals surface area (Å²) < 4.78 is 0. The molecule has 1 nitrogen and oxygen atoms in total. The van der Waals surface area contributed by atoms with Crippen molar-refractivity contribution in [3.8, 4) is 11.1 Å². The zero-order valence-corrected chi connectivity index (χ0v) is 32.8. The van der Waals surface area contributed by atoms with E-state index in [1.165, 1.54) is 98.0 Å². The first-order chi connectivity index (χ1) is 29.8. The average molecular weight is 760 g/mol. The number of rotatable bonds is 5. The lowest BCUT2D eigenvalue weighted by molar-refractivity contribution is 0.768. The van der Waals surface area contributed by atoms with Crippen LogP contribution in [0.15, 0.2) is 224 Å². The molecule has 0 fully saturated rings. The summed E-state index contributed by atoms with van der Waals surface area (Å²) in [6, 6.07) is 83.9. The molecule has 0 unspecified atom stereocenters. The van der Waals surface area contributed by atoms with Gasteiger partial charge >= 0.3 is 0 Å². The lowest BCUT2D eigenvalue weighted by atomic mass is 9.68. The molecule has 0 saturated carbocycles. The molecule has 1 aliphatic carbocycles. The average Bonchev–Trinajstić information content (AvgIpc) is 3.63. The second-order valence-electron chi connectivity index (χ2n) is 16.3. The second kappa shape index (κ2) is 12.6. The molecular formula is C59H37N. The van der Waals surface area contributed by atoms with Crippen molar-refractivity contribution in [3.63, 3.8) is 0 Å². The fourth-order valence-electron chi connectivity index (χ4n) is 11.1. The molecule has 0 aromatic heterocycles. The van der Waals surface area contributed by atoms with Crippen molar-refractivity contribution in [2.24, 2.45) is 0 Å². The van der Waals surface area contributed by atoms with Gasteiger partial charge < -0.3 is 4.90 Å². The predicted molar refractivity (Wildman–Crippen MR) is 255 cm³/mol. The maximum Gasteiger partial charge on any atom is 0.0714 e. The van der Waals surface area contributed by atoms with Crippen LogP contribution in [0, 0.1) is 0 Å². The van der Waals surface area contributed by atoms with Crippen LogP contribution in [0.25, 0.3) is 75.8 Å². The quantitative estimate of drug-likeness (QED) is 0.158. The first-order valence-corrected chi connectivity index (χ1v) is 20.9. The molecular weight excluding hydrogens is 723 g/mol. The number of anilines is 3. The maximum atomic E-state index is 2.52. The number of benzene rings is 11. The Morgan fingerprint density at radius 1 is 0.300 bits per heavy atom. The monoisotopic (exact) mass is 759 g/mol. The highest BCUT2D eigenvalue weighted by molar-refractivity contribution is 6.37. The minimum absolute atomic E-state index is 0.505. The van der Waals surface area contributed by atoms with E-state index in [1.54, 1.807) is 0 Å². The van der Waals surface area contributed by atoms with Crippen LogP contribution >= 0.6 is 0 Å². The Morgan fingerprint density at radius 3 is 1.37 bits per heavy atom. The molecule has 0 heterocycles. The molecule has 60 heavy (non-hydrogen) atoms. The zero-order chi connectivity index (χ0) is 39.4. The largest absolute Gasteiger partial charge is 0.310 e. The zero-order valence-electron chi connectivity index (χ0n) is 32.8. The minimum Gasteiger partial charge on any atom is -0.310 e. The number of para-hydroxylation sites is 1. The van der Waals surface area contributed by atoms with Gasteiger partial charge in [-0.2, -0.15) is 0 Å². The van der Waals surface area contributed by atoms with Gasteiger partial charge in [0.15, 0.2) is 0 Å². The number of hydrogen-bond acceptors (Lipinski definition) is 1. The van der Waals surface area contributed by atoms with Gasteiger partial charge in [0.1, 0.15) is 0 Å². The van der Waals surface area contributed by atoms with Gasteiger partial charge in [-0.25, -0.2) is 0 Å². The van der Waals surface area contributed by atoms with E-state index >= 15 is 0 Å². The topological polar surface area (TPSA) is 3.24 Å². The normalized spacial score (nSPS) is 13.1. The summed E-state index contributed by atoms with van der Waals surface area (Å²) in [5.41, 5.74) is 10.5. The Balaban J connectivity index is 1.19. The first kappa shape index (κ1) is 33.3. The third-order valence-corrected chi connectivity index (χ3v) is 13.4. The highest BCUT2D eigenvalue weighted by atomic mass is 15.1. The molecule has 12 aromatic carbocycles. The van der Waals surface area contributed by atoms with Gasteiger partial charge in [0, 0.05) is 16.9 Å². The Morgan fingerprint density at radius 2 is 0.767 bits per heavy atom. The number of nitrogens with zero attached hydrogens (tertiary/aromatic N) is 1. The molecule has 0 amide bonds. The van der Waals surface area contributed by atoms with Crippen molar-refractivity contribution in [3.05, 3.63) is 247 Å². The van der Waals surface area contributed by atoms with Crippen LogP contribution in [0.2, 0.25) is 0 Å². The van der Waals surface area contributed by atoms with Crippen LogP contribution < -0.4 is 4.90 Å². The summed E-state index contributed by atoms with van der Waals surface area (Å²) in [7, 11) is 0. The molecule has 0 bridgehead atoms. The molecule has 278 valence electrons. The van der Waals surface area contributed by atoms with Crippen LogP contribution in [0.3, 0.4) is 0 Å². The Labute approximate surface area is 348 Å². The molecule has 0 N–H and O–H groups in total. The van der Waals surface area contributed by atoms with E-state index in [4.69, 9.17) is 0 Å². The summed E-state index contributed by atoms with van der Waals surface area (Å²) in [5.74, 6) is 0. The van der Waals surface area contributed by atoms with Crippen molar-refractivity contribution in [1.29, 1.82) is 0 Å². The van der Waals surface area contributed by atoms with Crippen LogP contribution in [0.5, 0.6) is 0 Å². The fourth-order valence-corrected chi connectivity index (χ4v) is 11.1. The van der Waals surface area contributed by atoms with Gasteiger partial charge in [0.25, 0.3) is 0 Å². The van der Waals surface area contributed by atoms with Crippen molar-refractivity contribution >= 4 is 81.7 Å². The van der Waals surface area contributed by atoms with Gasteiger partial charge in [-0.05, 0) is 123 Å². The third kappa shape index (κ3) is 4.47.